The molecule has 0 saturated carbocycles. The molecule has 3 amide bonds. The van der Waals surface area contributed by atoms with Crippen molar-refractivity contribution < 1.29 is 18.0 Å². The largest absolute Gasteiger partial charge is 0.338 e. The molecule has 5 rings (SSSR count). The molecule has 1 saturated heterocycles. The van der Waals surface area contributed by atoms with Crippen LogP contribution in [0.2, 0.25) is 0 Å². The zero-order valence-electron chi connectivity index (χ0n) is 23.2. The summed E-state index contributed by atoms with van der Waals surface area (Å²) >= 11 is 3.40. The summed E-state index contributed by atoms with van der Waals surface area (Å²) in [6, 6.07) is 27.5. The number of hydrogen-bond donors (Lipinski definition) is 2. The number of sulfonamides is 1. The summed E-state index contributed by atoms with van der Waals surface area (Å²) in [5.74, 6) is -0.387. The van der Waals surface area contributed by atoms with Gasteiger partial charge < -0.3 is 15.1 Å². The number of rotatable bonds is 8. The number of nitriles is 1. The Balaban J connectivity index is 1.29. The molecular formula is C32H30BrN5O4S. The van der Waals surface area contributed by atoms with E-state index < -0.39 is 16.1 Å². The standard InChI is InChI=1S/C32H30BrN5O4S/c33-28-11-8-23(9-12-28)22-35-32(40)38-16-14-37(15-17-38)31(39)30(19-24-4-3-5-25(18-24)21-34)36-43(41,42)29-13-10-26-6-1-2-7-27(26)20-29/h1-13,18,20,30,36H,14-17,19,22H2,(H,35,40)/t30-/m0/s1. The Morgan fingerprint density at radius 3 is 2.26 bits per heavy atom. The lowest BCUT2D eigenvalue weighted by Gasteiger charge is -2.36. The van der Waals surface area contributed by atoms with Gasteiger partial charge in [0.15, 0.2) is 0 Å². The third-order valence-electron chi connectivity index (χ3n) is 7.36. The number of nitrogens with zero attached hydrogens (tertiary/aromatic N) is 3. The number of hydrogen-bond acceptors (Lipinski definition) is 5. The van der Waals surface area contributed by atoms with Gasteiger partial charge in [-0.05, 0) is 64.7 Å². The Labute approximate surface area is 259 Å². The summed E-state index contributed by atoms with van der Waals surface area (Å²) < 4.78 is 30.7. The van der Waals surface area contributed by atoms with E-state index in [0.717, 1.165) is 20.8 Å². The van der Waals surface area contributed by atoms with E-state index in [-0.39, 0.29) is 36.3 Å². The van der Waals surface area contributed by atoms with Crippen LogP contribution in [0.4, 0.5) is 4.79 Å². The molecule has 4 aromatic rings. The van der Waals surface area contributed by atoms with Crippen LogP contribution in [0, 0.1) is 11.3 Å². The van der Waals surface area contributed by atoms with Gasteiger partial charge in [0.2, 0.25) is 15.9 Å². The van der Waals surface area contributed by atoms with Gasteiger partial charge in [-0.1, -0.05) is 70.5 Å². The molecule has 0 bridgehead atoms. The molecular weight excluding hydrogens is 630 g/mol. The summed E-state index contributed by atoms with van der Waals surface area (Å²) in [5.41, 5.74) is 2.04. The second-order valence-electron chi connectivity index (χ2n) is 10.3. The lowest BCUT2D eigenvalue weighted by molar-refractivity contribution is -0.134. The molecule has 4 aromatic carbocycles. The van der Waals surface area contributed by atoms with Crippen LogP contribution in [0.15, 0.2) is 100 Å². The average Bonchev–Trinajstić information content (AvgIpc) is 3.03. The van der Waals surface area contributed by atoms with Gasteiger partial charge in [0.25, 0.3) is 0 Å². The van der Waals surface area contributed by atoms with Crippen LogP contribution in [0.25, 0.3) is 10.8 Å². The van der Waals surface area contributed by atoms with Gasteiger partial charge in [0.05, 0.1) is 16.5 Å². The average molecular weight is 661 g/mol. The van der Waals surface area contributed by atoms with Crippen molar-refractivity contribution in [3.8, 4) is 6.07 Å². The summed E-state index contributed by atoms with van der Waals surface area (Å²) in [6.07, 6.45) is 0.0645. The molecule has 1 aliphatic rings. The fourth-order valence-corrected chi connectivity index (χ4v) is 6.50. The minimum Gasteiger partial charge on any atom is -0.338 e. The van der Waals surface area contributed by atoms with E-state index >= 15 is 0 Å². The second-order valence-corrected chi connectivity index (χ2v) is 12.9. The molecule has 220 valence electrons. The summed E-state index contributed by atoms with van der Waals surface area (Å²) in [5, 5.41) is 13.9. The second kappa shape index (κ2) is 13.4. The lowest BCUT2D eigenvalue weighted by atomic mass is 10.0. The fourth-order valence-electron chi connectivity index (χ4n) is 5.01. The van der Waals surface area contributed by atoms with Crippen molar-refractivity contribution in [2.24, 2.45) is 0 Å². The molecule has 0 unspecified atom stereocenters. The molecule has 1 fully saturated rings. The number of urea groups is 1. The van der Waals surface area contributed by atoms with E-state index in [1.54, 1.807) is 46.2 Å². The number of carbonyl (C=O) groups excluding carboxylic acids is 2. The molecule has 1 heterocycles. The van der Waals surface area contributed by atoms with Crippen LogP contribution in [-0.2, 0) is 27.8 Å². The van der Waals surface area contributed by atoms with Crippen LogP contribution in [-0.4, -0.2) is 62.4 Å². The molecule has 0 aliphatic carbocycles. The van der Waals surface area contributed by atoms with E-state index in [0.29, 0.717) is 30.8 Å². The van der Waals surface area contributed by atoms with E-state index in [9.17, 15) is 23.3 Å². The Kier molecular flexibility index (Phi) is 9.40. The van der Waals surface area contributed by atoms with E-state index in [4.69, 9.17) is 0 Å². The zero-order chi connectivity index (χ0) is 30.4. The minimum atomic E-state index is -4.07. The van der Waals surface area contributed by atoms with Crippen LogP contribution >= 0.6 is 15.9 Å². The van der Waals surface area contributed by atoms with Crippen molar-refractivity contribution in [2.75, 3.05) is 26.2 Å². The van der Waals surface area contributed by atoms with Crippen molar-refractivity contribution in [1.29, 1.82) is 5.26 Å². The topological polar surface area (TPSA) is 123 Å². The highest BCUT2D eigenvalue weighted by Crippen LogP contribution is 2.20. The minimum absolute atomic E-state index is 0.0574. The first-order valence-corrected chi connectivity index (χ1v) is 16.1. The van der Waals surface area contributed by atoms with Crippen molar-refractivity contribution in [3.05, 3.63) is 112 Å². The maximum atomic E-state index is 13.8. The van der Waals surface area contributed by atoms with E-state index in [1.807, 2.05) is 48.5 Å². The van der Waals surface area contributed by atoms with E-state index in [1.165, 1.54) is 6.07 Å². The lowest BCUT2D eigenvalue weighted by Crippen LogP contribution is -2.57. The summed E-state index contributed by atoms with van der Waals surface area (Å²) in [4.78, 5) is 29.9. The number of piperazine rings is 1. The number of fused-ring (bicyclic) bond motifs is 1. The number of amides is 3. The van der Waals surface area contributed by atoms with Crippen LogP contribution in [0.1, 0.15) is 16.7 Å². The van der Waals surface area contributed by atoms with Gasteiger partial charge in [-0.25, -0.2) is 13.2 Å². The van der Waals surface area contributed by atoms with Gasteiger partial charge in [0.1, 0.15) is 6.04 Å². The predicted molar refractivity (Wildman–Crippen MR) is 167 cm³/mol. The van der Waals surface area contributed by atoms with Gasteiger partial charge in [-0.3, -0.25) is 4.79 Å². The van der Waals surface area contributed by atoms with Crippen LogP contribution < -0.4 is 10.0 Å². The quantitative estimate of drug-likeness (QED) is 0.290. The molecule has 2 N–H and O–H groups in total. The number of carbonyl (C=O) groups is 2. The molecule has 0 radical (unpaired) electrons. The van der Waals surface area contributed by atoms with E-state index in [2.05, 4.69) is 32.0 Å². The molecule has 0 spiro atoms. The molecule has 0 aromatic heterocycles. The normalized spacial score (nSPS) is 14.2. The maximum Gasteiger partial charge on any atom is 0.317 e. The monoisotopic (exact) mass is 659 g/mol. The van der Waals surface area contributed by atoms with Gasteiger partial charge in [0, 0.05) is 37.2 Å². The zero-order valence-corrected chi connectivity index (χ0v) is 25.6. The Morgan fingerprint density at radius 1 is 0.837 bits per heavy atom. The Morgan fingerprint density at radius 2 is 1.53 bits per heavy atom. The first-order valence-electron chi connectivity index (χ1n) is 13.8. The van der Waals surface area contributed by atoms with Crippen molar-refractivity contribution in [2.45, 2.75) is 23.9 Å². The Bertz CT molecular complexity index is 1780. The maximum absolute atomic E-state index is 13.8. The van der Waals surface area contributed by atoms with Crippen molar-refractivity contribution in [1.82, 2.24) is 19.8 Å². The smallest absolute Gasteiger partial charge is 0.317 e. The van der Waals surface area contributed by atoms with Crippen molar-refractivity contribution in [3.63, 3.8) is 0 Å². The first kappa shape index (κ1) is 30.2. The summed E-state index contributed by atoms with van der Waals surface area (Å²) in [7, 11) is -4.07. The summed E-state index contributed by atoms with van der Waals surface area (Å²) in [6.45, 7) is 1.53. The highest BCUT2D eigenvalue weighted by Gasteiger charge is 2.32. The van der Waals surface area contributed by atoms with Gasteiger partial charge in [-0.2, -0.15) is 9.98 Å². The third kappa shape index (κ3) is 7.59. The van der Waals surface area contributed by atoms with Crippen LogP contribution in [0.3, 0.4) is 0 Å². The molecule has 1 aliphatic heterocycles. The van der Waals surface area contributed by atoms with Gasteiger partial charge >= 0.3 is 6.03 Å². The van der Waals surface area contributed by atoms with Crippen LogP contribution in [0.5, 0.6) is 0 Å². The molecule has 11 heteroatoms. The number of nitrogens with one attached hydrogen (secondary N) is 2. The number of benzene rings is 4. The highest BCUT2D eigenvalue weighted by atomic mass is 79.9. The van der Waals surface area contributed by atoms with Crippen molar-refractivity contribution >= 4 is 48.7 Å². The third-order valence-corrected chi connectivity index (χ3v) is 9.36. The first-order chi connectivity index (χ1) is 20.7. The Hall–Kier alpha value is -4.24. The number of halogens is 1. The molecule has 43 heavy (non-hydrogen) atoms. The molecule has 9 nitrogen and oxygen atoms in total. The highest BCUT2D eigenvalue weighted by molar-refractivity contribution is 9.10. The SMILES string of the molecule is N#Cc1cccc(C[C@H](NS(=O)(=O)c2ccc3ccccc3c2)C(=O)N2CCN(C(=O)NCc3ccc(Br)cc3)CC2)c1. The molecule has 1 atom stereocenters. The van der Waals surface area contributed by atoms with Gasteiger partial charge in [-0.15, -0.1) is 0 Å². The predicted octanol–water partition coefficient (Wildman–Crippen LogP) is 4.42. The fraction of sp³-hybridized carbons (Fsp3) is 0.219.